The highest BCUT2D eigenvalue weighted by Crippen LogP contribution is 2.28. The monoisotopic (exact) mass is 313 g/mol. The van der Waals surface area contributed by atoms with Crippen LogP contribution in [0.15, 0.2) is 34.8 Å². The van der Waals surface area contributed by atoms with E-state index in [9.17, 15) is 0 Å². The second-order valence-corrected chi connectivity index (χ2v) is 6.38. The minimum atomic E-state index is 0.223. The highest BCUT2D eigenvalue weighted by atomic mass is 15.3. The Morgan fingerprint density at radius 1 is 1.35 bits per heavy atom. The molecule has 0 saturated carbocycles. The lowest BCUT2D eigenvalue weighted by molar-refractivity contribution is 0.383. The van der Waals surface area contributed by atoms with Crippen molar-refractivity contribution in [1.82, 2.24) is 25.3 Å². The van der Waals surface area contributed by atoms with Crippen LogP contribution in [0.4, 0.5) is 0 Å². The molecule has 1 fully saturated rings. The summed E-state index contributed by atoms with van der Waals surface area (Å²) in [5, 5.41) is 10.9. The molecule has 4 rings (SSSR count). The van der Waals surface area contributed by atoms with E-state index in [2.05, 4.69) is 26.8 Å². The van der Waals surface area contributed by atoms with Gasteiger partial charge < -0.3 is 15.5 Å². The number of nitrogens with zero attached hydrogens (tertiary/aromatic N) is 5. The van der Waals surface area contributed by atoms with E-state index < -0.39 is 0 Å². The minimum Gasteiger partial charge on any atom is -0.342 e. The fourth-order valence-electron chi connectivity index (χ4n) is 3.40. The van der Waals surface area contributed by atoms with Crippen molar-refractivity contribution in [2.24, 2.45) is 23.0 Å². The quantitative estimate of drug-likeness (QED) is 0.859. The lowest BCUT2D eigenvalue weighted by Gasteiger charge is -2.28. The van der Waals surface area contributed by atoms with Crippen LogP contribution in [0.3, 0.4) is 0 Å². The van der Waals surface area contributed by atoms with E-state index in [0.29, 0.717) is 5.92 Å². The number of rotatable bonds is 3. The van der Waals surface area contributed by atoms with Crippen LogP contribution < -0.4 is 10.6 Å². The molecule has 7 nitrogen and oxygen atoms in total. The maximum Gasteiger partial charge on any atom is 0.171 e. The zero-order valence-electron chi connectivity index (χ0n) is 13.4. The number of aromatic nitrogens is 2. The largest absolute Gasteiger partial charge is 0.342 e. The summed E-state index contributed by atoms with van der Waals surface area (Å²) in [5.41, 5.74) is 1.19. The van der Waals surface area contributed by atoms with E-state index in [4.69, 9.17) is 9.98 Å². The standard InChI is InChI=1S/C16H23N7/c1-22-11-13(9-21-22)14-10-20-16-15(18-6-7-23(14)16)19-8-12-2-4-17-5-3-12/h6-7,9,11-12,14,17H,2-5,8,10H2,1H3,(H,18,19). The molecule has 0 aromatic carbocycles. The Morgan fingerprint density at radius 2 is 2.22 bits per heavy atom. The summed E-state index contributed by atoms with van der Waals surface area (Å²) in [7, 11) is 1.94. The summed E-state index contributed by atoms with van der Waals surface area (Å²) in [6.07, 6.45) is 10.4. The zero-order chi connectivity index (χ0) is 15.6. The fourth-order valence-corrected chi connectivity index (χ4v) is 3.40. The molecule has 0 bridgehead atoms. The molecule has 7 heteroatoms. The normalized spacial score (nSPS) is 26.3. The van der Waals surface area contributed by atoms with Gasteiger partial charge in [-0.15, -0.1) is 0 Å². The van der Waals surface area contributed by atoms with Gasteiger partial charge in [0.1, 0.15) is 0 Å². The van der Waals surface area contributed by atoms with E-state index >= 15 is 0 Å². The Bertz CT molecular complexity index is 651. The number of aryl methyl sites for hydroxylation is 1. The maximum atomic E-state index is 4.82. The van der Waals surface area contributed by atoms with E-state index in [0.717, 1.165) is 37.9 Å². The average Bonchev–Trinajstić information content (AvgIpc) is 3.20. The van der Waals surface area contributed by atoms with Gasteiger partial charge in [0, 0.05) is 37.8 Å². The van der Waals surface area contributed by atoms with Gasteiger partial charge in [-0.25, -0.2) is 0 Å². The van der Waals surface area contributed by atoms with Gasteiger partial charge in [-0.05, 0) is 31.8 Å². The van der Waals surface area contributed by atoms with Gasteiger partial charge in [0.25, 0.3) is 0 Å². The molecule has 1 saturated heterocycles. The average molecular weight is 313 g/mol. The molecule has 0 radical (unpaired) electrons. The molecular formula is C16H23N7. The molecular weight excluding hydrogens is 290 g/mol. The van der Waals surface area contributed by atoms with Crippen molar-refractivity contribution in [2.45, 2.75) is 18.9 Å². The third-order valence-corrected chi connectivity index (χ3v) is 4.74. The van der Waals surface area contributed by atoms with Crippen LogP contribution in [0.2, 0.25) is 0 Å². The summed E-state index contributed by atoms with van der Waals surface area (Å²) >= 11 is 0. The van der Waals surface area contributed by atoms with Crippen LogP contribution in [0.25, 0.3) is 0 Å². The maximum absolute atomic E-state index is 4.82. The molecule has 0 spiro atoms. The van der Waals surface area contributed by atoms with Crippen LogP contribution in [0.5, 0.6) is 0 Å². The predicted molar refractivity (Wildman–Crippen MR) is 90.3 cm³/mol. The molecule has 122 valence electrons. The highest BCUT2D eigenvalue weighted by molar-refractivity contribution is 6.41. The first-order valence-electron chi connectivity index (χ1n) is 8.31. The first kappa shape index (κ1) is 14.4. The lowest BCUT2D eigenvalue weighted by atomic mass is 9.98. The third kappa shape index (κ3) is 2.88. The first-order chi connectivity index (χ1) is 11.3. The Kier molecular flexibility index (Phi) is 3.87. The molecule has 0 aliphatic carbocycles. The topological polar surface area (TPSA) is 69.8 Å². The number of amidine groups is 2. The zero-order valence-corrected chi connectivity index (χ0v) is 13.4. The SMILES string of the molecule is Cn1cc(C2CN=C3C(=NCC4CCNCC4)NC=CN32)cn1. The van der Waals surface area contributed by atoms with Crippen molar-refractivity contribution in [2.75, 3.05) is 26.2 Å². The van der Waals surface area contributed by atoms with Gasteiger partial charge in [0.2, 0.25) is 0 Å². The van der Waals surface area contributed by atoms with E-state index in [1.165, 1.54) is 18.4 Å². The van der Waals surface area contributed by atoms with Gasteiger partial charge >= 0.3 is 0 Å². The van der Waals surface area contributed by atoms with E-state index in [1.807, 2.05) is 30.3 Å². The van der Waals surface area contributed by atoms with Crippen molar-refractivity contribution >= 4 is 11.7 Å². The summed E-state index contributed by atoms with van der Waals surface area (Å²) in [6.45, 7) is 3.85. The Hall–Kier alpha value is -2.15. The second kappa shape index (κ2) is 6.16. The predicted octanol–water partition coefficient (Wildman–Crippen LogP) is 0.648. The van der Waals surface area contributed by atoms with Crippen molar-refractivity contribution < 1.29 is 0 Å². The molecule has 3 aliphatic rings. The molecule has 3 aliphatic heterocycles. The number of fused-ring (bicyclic) bond motifs is 1. The van der Waals surface area contributed by atoms with Crippen LogP contribution in [0.1, 0.15) is 24.4 Å². The second-order valence-electron chi connectivity index (χ2n) is 6.38. The molecule has 0 amide bonds. The molecule has 1 aromatic heterocycles. The summed E-state index contributed by atoms with van der Waals surface area (Å²) < 4.78 is 1.84. The molecule has 1 unspecified atom stereocenters. The van der Waals surface area contributed by atoms with Gasteiger partial charge in [-0.1, -0.05) is 0 Å². The fraction of sp³-hybridized carbons (Fsp3) is 0.562. The van der Waals surface area contributed by atoms with Crippen LogP contribution in [0, 0.1) is 5.92 Å². The van der Waals surface area contributed by atoms with Crippen molar-refractivity contribution in [3.8, 4) is 0 Å². The van der Waals surface area contributed by atoms with E-state index in [-0.39, 0.29) is 6.04 Å². The van der Waals surface area contributed by atoms with Crippen molar-refractivity contribution in [1.29, 1.82) is 0 Å². The van der Waals surface area contributed by atoms with Crippen LogP contribution >= 0.6 is 0 Å². The van der Waals surface area contributed by atoms with Crippen molar-refractivity contribution in [3.63, 3.8) is 0 Å². The van der Waals surface area contributed by atoms with Crippen molar-refractivity contribution in [3.05, 3.63) is 30.4 Å². The number of aliphatic imine (C=N–C) groups is 2. The summed E-state index contributed by atoms with van der Waals surface area (Å²) in [5.74, 6) is 2.54. The van der Waals surface area contributed by atoms with Gasteiger partial charge in [0.05, 0.1) is 18.8 Å². The molecule has 23 heavy (non-hydrogen) atoms. The minimum absolute atomic E-state index is 0.223. The summed E-state index contributed by atoms with van der Waals surface area (Å²) in [4.78, 5) is 11.7. The lowest BCUT2D eigenvalue weighted by Crippen LogP contribution is -2.42. The number of nitrogens with one attached hydrogen (secondary N) is 2. The molecule has 4 heterocycles. The molecule has 1 aromatic rings. The van der Waals surface area contributed by atoms with Crippen LogP contribution in [-0.4, -0.2) is 52.5 Å². The summed E-state index contributed by atoms with van der Waals surface area (Å²) in [6, 6.07) is 0.223. The van der Waals surface area contributed by atoms with Crippen LogP contribution in [-0.2, 0) is 7.05 Å². The number of piperidine rings is 1. The molecule has 2 N–H and O–H groups in total. The third-order valence-electron chi connectivity index (χ3n) is 4.74. The first-order valence-corrected chi connectivity index (χ1v) is 8.31. The highest BCUT2D eigenvalue weighted by Gasteiger charge is 2.33. The Morgan fingerprint density at radius 3 is 3.00 bits per heavy atom. The van der Waals surface area contributed by atoms with Gasteiger partial charge in [-0.2, -0.15) is 5.10 Å². The van der Waals surface area contributed by atoms with Gasteiger partial charge in [-0.3, -0.25) is 14.7 Å². The number of hydrogen-bond acceptors (Lipinski definition) is 5. The number of hydrogen-bond donors (Lipinski definition) is 2. The molecule has 1 atom stereocenters. The Labute approximate surface area is 136 Å². The van der Waals surface area contributed by atoms with E-state index in [1.54, 1.807) is 0 Å². The Balaban J connectivity index is 1.48. The van der Waals surface area contributed by atoms with Gasteiger partial charge in [0.15, 0.2) is 11.7 Å². The smallest absolute Gasteiger partial charge is 0.171 e.